The van der Waals surface area contributed by atoms with Crippen LogP contribution in [0.2, 0.25) is 0 Å². The fourth-order valence-corrected chi connectivity index (χ4v) is 4.24. The number of benzene rings is 2. The van der Waals surface area contributed by atoms with E-state index in [1.807, 2.05) is 37.3 Å². The molecule has 1 aliphatic rings. The van der Waals surface area contributed by atoms with Crippen LogP contribution in [0.15, 0.2) is 64.1 Å². The highest BCUT2D eigenvalue weighted by atomic mass is 32.2. The lowest BCUT2D eigenvalue weighted by Gasteiger charge is -2.26. The van der Waals surface area contributed by atoms with Gasteiger partial charge in [-0.25, -0.2) is 0 Å². The Bertz CT molecular complexity index is 812. The van der Waals surface area contributed by atoms with Crippen LogP contribution in [0.25, 0.3) is 0 Å². The van der Waals surface area contributed by atoms with Gasteiger partial charge in [0.05, 0.1) is 6.04 Å². The average Bonchev–Trinajstić information content (AvgIpc) is 2.58. The van der Waals surface area contributed by atoms with Crippen molar-refractivity contribution in [2.24, 2.45) is 0 Å². The molecule has 0 fully saturated rings. The fraction of sp³-hybridized carbons (Fsp3) is 0.286. The van der Waals surface area contributed by atoms with Crippen molar-refractivity contribution in [1.82, 2.24) is 5.32 Å². The van der Waals surface area contributed by atoms with E-state index < -0.39 is 0 Å². The zero-order chi connectivity index (χ0) is 18.0. The summed E-state index contributed by atoms with van der Waals surface area (Å²) in [4.78, 5) is 14.0. The van der Waals surface area contributed by atoms with E-state index in [9.17, 15) is 9.90 Å². The van der Waals surface area contributed by atoms with E-state index in [-0.39, 0.29) is 17.7 Å². The van der Waals surface area contributed by atoms with Crippen molar-refractivity contribution in [2.75, 3.05) is 0 Å². The average molecular weight is 353 g/mol. The van der Waals surface area contributed by atoms with Crippen LogP contribution in [0, 0.1) is 6.92 Å². The lowest BCUT2D eigenvalue weighted by atomic mass is 10.00. The molecular weight excluding hydrogens is 330 g/mol. The molecule has 0 aliphatic carbocycles. The number of aryl methyl sites for hydroxylation is 1. The molecule has 0 spiro atoms. The zero-order valence-corrected chi connectivity index (χ0v) is 15.6. The fourth-order valence-electron chi connectivity index (χ4n) is 3.00. The second kappa shape index (κ2) is 7.36. The minimum Gasteiger partial charge on any atom is -0.511 e. The molecule has 0 radical (unpaired) electrons. The van der Waals surface area contributed by atoms with Crippen molar-refractivity contribution in [3.05, 3.63) is 75.9 Å². The van der Waals surface area contributed by atoms with Crippen LogP contribution < -0.4 is 5.32 Å². The summed E-state index contributed by atoms with van der Waals surface area (Å²) in [5, 5.41) is 13.5. The van der Waals surface area contributed by atoms with Gasteiger partial charge in [0.2, 0.25) is 0 Å². The number of hydrogen-bond acceptors (Lipinski definition) is 3. The molecule has 0 aromatic heterocycles. The van der Waals surface area contributed by atoms with Gasteiger partial charge < -0.3 is 10.4 Å². The molecule has 130 valence electrons. The maximum Gasteiger partial charge on any atom is 0.261 e. The van der Waals surface area contributed by atoms with E-state index in [2.05, 4.69) is 37.4 Å². The Morgan fingerprint density at radius 2 is 1.88 bits per heavy atom. The standard InChI is InChI=1S/C21H23NO2S/c1-13(2)16-10-9-14(3)11-19(16)25-20-18(23)12-17(22-21(20)24)15-7-5-4-6-8-15/h4-11,13,17,23H,12H2,1-3H3,(H,22,24). The van der Waals surface area contributed by atoms with Gasteiger partial charge in [0, 0.05) is 11.3 Å². The number of carbonyl (C=O) groups is 1. The molecule has 1 unspecified atom stereocenters. The molecule has 1 amide bonds. The predicted molar refractivity (Wildman–Crippen MR) is 103 cm³/mol. The van der Waals surface area contributed by atoms with Gasteiger partial charge >= 0.3 is 0 Å². The maximum absolute atomic E-state index is 12.6. The summed E-state index contributed by atoms with van der Waals surface area (Å²) in [6.45, 7) is 6.31. The molecule has 0 saturated heterocycles. The van der Waals surface area contributed by atoms with Gasteiger partial charge in [0.15, 0.2) is 0 Å². The Hall–Kier alpha value is -2.20. The lowest BCUT2D eigenvalue weighted by molar-refractivity contribution is -0.118. The Morgan fingerprint density at radius 3 is 2.52 bits per heavy atom. The molecular formula is C21H23NO2S. The molecule has 0 saturated carbocycles. The molecule has 4 heteroatoms. The topological polar surface area (TPSA) is 49.3 Å². The van der Waals surface area contributed by atoms with E-state index in [4.69, 9.17) is 0 Å². The third kappa shape index (κ3) is 3.90. The summed E-state index contributed by atoms with van der Waals surface area (Å²) in [6.07, 6.45) is 0.418. The second-order valence-electron chi connectivity index (χ2n) is 6.71. The van der Waals surface area contributed by atoms with Crippen LogP contribution in [0.3, 0.4) is 0 Å². The van der Waals surface area contributed by atoms with E-state index >= 15 is 0 Å². The molecule has 25 heavy (non-hydrogen) atoms. The summed E-state index contributed by atoms with van der Waals surface area (Å²) < 4.78 is 0. The van der Waals surface area contributed by atoms with Gasteiger partial charge in [-0.3, -0.25) is 4.79 Å². The minimum absolute atomic E-state index is 0.166. The summed E-state index contributed by atoms with van der Waals surface area (Å²) in [5.74, 6) is 0.312. The second-order valence-corrected chi connectivity index (χ2v) is 7.77. The molecule has 1 atom stereocenters. The largest absolute Gasteiger partial charge is 0.511 e. The molecule has 0 bridgehead atoms. The van der Waals surface area contributed by atoms with Gasteiger partial charge in [-0.2, -0.15) is 0 Å². The molecule has 2 aromatic rings. The van der Waals surface area contributed by atoms with Gasteiger partial charge in [0.1, 0.15) is 10.7 Å². The van der Waals surface area contributed by atoms with Crippen LogP contribution in [-0.2, 0) is 4.79 Å². The number of rotatable bonds is 4. The van der Waals surface area contributed by atoms with E-state index in [0.717, 1.165) is 16.0 Å². The van der Waals surface area contributed by atoms with Crippen molar-refractivity contribution in [3.8, 4) is 0 Å². The monoisotopic (exact) mass is 353 g/mol. The lowest BCUT2D eigenvalue weighted by Crippen LogP contribution is -2.34. The van der Waals surface area contributed by atoms with Crippen LogP contribution in [0.1, 0.15) is 48.9 Å². The van der Waals surface area contributed by atoms with Gasteiger partial charge in [-0.05, 0) is 35.6 Å². The Morgan fingerprint density at radius 1 is 1.16 bits per heavy atom. The number of nitrogens with one attached hydrogen (secondary N) is 1. The predicted octanol–water partition coefficient (Wildman–Crippen LogP) is 5.24. The van der Waals surface area contributed by atoms with Crippen LogP contribution in [0.5, 0.6) is 0 Å². The first-order chi connectivity index (χ1) is 12.0. The third-order valence-corrected chi connectivity index (χ3v) is 5.57. The first kappa shape index (κ1) is 17.6. The molecule has 2 N–H and O–H groups in total. The summed E-state index contributed by atoms with van der Waals surface area (Å²) in [5.41, 5.74) is 3.34. The number of hydrogen-bond donors (Lipinski definition) is 2. The van der Waals surface area contributed by atoms with Crippen molar-refractivity contribution in [2.45, 2.75) is 44.0 Å². The Labute approximate surface area is 153 Å². The molecule has 3 nitrogen and oxygen atoms in total. The van der Waals surface area contributed by atoms with Crippen molar-refractivity contribution in [3.63, 3.8) is 0 Å². The quantitative estimate of drug-likeness (QED) is 0.790. The molecule has 1 heterocycles. The summed E-state index contributed by atoms with van der Waals surface area (Å²) >= 11 is 1.36. The van der Waals surface area contributed by atoms with Crippen molar-refractivity contribution in [1.29, 1.82) is 0 Å². The smallest absolute Gasteiger partial charge is 0.261 e. The van der Waals surface area contributed by atoms with Crippen molar-refractivity contribution < 1.29 is 9.90 Å². The number of amides is 1. The zero-order valence-electron chi connectivity index (χ0n) is 14.7. The molecule has 1 aliphatic heterocycles. The summed E-state index contributed by atoms with van der Waals surface area (Å²) in [7, 11) is 0. The van der Waals surface area contributed by atoms with Gasteiger partial charge in [-0.15, -0.1) is 0 Å². The van der Waals surface area contributed by atoms with E-state index in [1.165, 1.54) is 17.3 Å². The number of carbonyl (C=O) groups excluding carboxylic acids is 1. The highest BCUT2D eigenvalue weighted by Gasteiger charge is 2.29. The van der Waals surface area contributed by atoms with Crippen LogP contribution >= 0.6 is 11.8 Å². The first-order valence-corrected chi connectivity index (χ1v) is 9.33. The SMILES string of the molecule is Cc1ccc(C(C)C)c(SC2=C(O)CC(c3ccccc3)NC2=O)c1. The van der Waals surface area contributed by atoms with E-state index in [1.54, 1.807) is 0 Å². The normalized spacial score (nSPS) is 17.8. The molecule has 2 aromatic carbocycles. The highest BCUT2D eigenvalue weighted by Crippen LogP contribution is 2.39. The number of aliphatic hydroxyl groups excluding tert-OH is 1. The Balaban J connectivity index is 1.88. The summed E-state index contributed by atoms with van der Waals surface area (Å²) in [6, 6.07) is 15.8. The van der Waals surface area contributed by atoms with E-state index in [0.29, 0.717) is 17.2 Å². The van der Waals surface area contributed by atoms with Crippen molar-refractivity contribution >= 4 is 17.7 Å². The van der Waals surface area contributed by atoms with Gasteiger partial charge in [-0.1, -0.05) is 68.1 Å². The highest BCUT2D eigenvalue weighted by molar-refractivity contribution is 8.04. The minimum atomic E-state index is -0.209. The maximum atomic E-state index is 12.6. The number of aliphatic hydroxyl groups is 1. The first-order valence-electron chi connectivity index (χ1n) is 8.52. The Kier molecular flexibility index (Phi) is 5.19. The van der Waals surface area contributed by atoms with Crippen LogP contribution in [0.4, 0.5) is 0 Å². The third-order valence-electron chi connectivity index (χ3n) is 4.38. The van der Waals surface area contributed by atoms with Crippen LogP contribution in [-0.4, -0.2) is 11.0 Å². The van der Waals surface area contributed by atoms with Gasteiger partial charge in [0.25, 0.3) is 5.91 Å². The number of thioether (sulfide) groups is 1. The molecule has 3 rings (SSSR count).